The lowest BCUT2D eigenvalue weighted by molar-refractivity contribution is -0.119. The molecule has 2 aromatic heterocycles. The number of pyridine rings is 1. The number of hydrogen-bond acceptors (Lipinski definition) is 7. The maximum absolute atomic E-state index is 12.8. The highest BCUT2D eigenvalue weighted by atomic mass is 16.4. The molecule has 2 N–H and O–H groups in total. The molecule has 1 saturated carbocycles. The van der Waals surface area contributed by atoms with Gasteiger partial charge in [-0.3, -0.25) is 14.9 Å². The normalized spacial score (nSPS) is 18.4. The van der Waals surface area contributed by atoms with E-state index >= 15 is 0 Å². The maximum atomic E-state index is 12.8. The van der Waals surface area contributed by atoms with Crippen LogP contribution >= 0.6 is 0 Å². The van der Waals surface area contributed by atoms with Crippen LogP contribution in [-0.4, -0.2) is 40.9 Å². The van der Waals surface area contributed by atoms with Crippen molar-refractivity contribution in [2.45, 2.75) is 44.7 Å². The molecule has 0 spiro atoms. The summed E-state index contributed by atoms with van der Waals surface area (Å²) in [5.41, 5.74) is 3.01. The summed E-state index contributed by atoms with van der Waals surface area (Å²) < 4.78 is 5.08. The van der Waals surface area contributed by atoms with Crippen molar-refractivity contribution < 1.29 is 14.0 Å². The monoisotopic (exact) mass is 446 g/mol. The van der Waals surface area contributed by atoms with Gasteiger partial charge in [-0.25, -0.2) is 9.97 Å². The molecule has 1 unspecified atom stereocenters. The van der Waals surface area contributed by atoms with E-state index in [4.69, 9.17) is 4.42 Å². The van der Waals surface area contributed by atoms with E-state index in [1.165, 1.54) is 25.3 Å². The van der Waals surface area contributed by atoms with Crippen LogP contribution < -0.4 is 20.4 Å². The summed E-state index contributed by atoms with van der Waals surface area (Å²) in [6.45, 7) is 1.98. The number of fused-ring (bicyclic) bond motifs is 1. The number of rotatable bonds is 5. The summed E-state index contributed by atoms with van der Waals surface area (Å²) in [7, 11) is 1.80. The fraction of sp³-hybridized carbons (Fsp3) is 0.333. The molecule has 3 heterocycles. The van der Waals surface area contributed by atoms with Gasteiger partial charge in [-0.1, -0.05) is 18.9 Å². The highest BCUT2D eigenvalue weighted by molar-refractivity contribution is 6.05. The number of oxazole rings is 1. The lowest BCUT2D eigenvalue weighted by Crippen LogP contribution is -2.54. The zero-order valence-corrected chi connectivity index (χ0v) is 18.6. The van der Waals surface area contributed by atoms with E-state index in [1.807, 2.05) is 19.1 Å². The number of benzene rings is 1. The Morgan fingerprint density at radius 2 is 1.97 bits per heavy atom. The smallest absolute Gasteiger partial charge is 0.301 e. The average molecular weight is 447 g/mol. The summed E-state index contributed by atoms with van der Waals surface area (Å²) in [5, 5.41) is 5.92. The van der Waals surface area contributed by atoms with Crippen molar-refractivity contribution in [1.82, 2.24) is 9.97 Å². The zero-order valence-electron chi connectivity index (χ0n) is 18.6. The topological polar surface area (TPSA) is 104 Å². The van der Waals surface area contributed by atoms with Gasteiger partial charge in [-0.2, -0.15) is 0 Å². The van der Waals surface area contributed by atoms with E-state index in [9.17, 15) is 9.59 Å². The molecule has 170 valence electrons. The summed E-state index contributed by atoms with van der Waals surface area (Å²) in [6, 6.07) is 9.40. The van der Waals surface area contributed by atoms with E-state index in [0.29, 0.717) is 17.4 Å². The first-order chi connectivity index (χ1) is 16.0. The average Bonchev–Trinajstić information content (AvgIpc) is 3.53. The minimum Gasteiger partial charge on any atom is -0.432 e. The van der Waals surface area contributed by atoms with E-state index in [0.717, 1.165) is 29.9 Å². The Morgan fingerprint density at radius 3 is 2.73 bits per heavy atom. The van der Waals surface area contributed by atoms with Crippen LogP contribution in [0.25, 0.3) is 0 Å². The minimum atomic E-state index is -0.319. The van der Waals surface area contributed by atoms with Crippen molar-refractivity contribution >= 4 is 40.7 Å². The van der Waals surface area contributed by atoms with Crippen molar-refractivity contribution in [1.29, 1.82) is 0 Å². The van der Waals surface area contributed by atoms with E-state index in [2.05, 4.69) is 25.5 Å². The third kappa shape index (κ3) is 4.02. The number of likely N-dealkylation sites (N-methyl/N-ethyl adjacent to an activating group) is 1. The Labute approximate surface area is 191 Å². The molecule has 0 radical (unpaired) electrons. The predicted octanol–water partition coefficient (Wildman–Crippen LogP) is 4.18. The number of nitrogens with zero attached hydrogens (tertiary/aromatic N) is 4. The van der Waals surface area contributed by atoms with Crippen molar-refractivity contribution in [3.05, 3.63) is 54.6 Å². The second-order valence-electron chi connectivity index (χ2n) is 8.47. The van der Waals surface area contributed by atoms with E-state index < -0.39 is 0 Å². The number of aromatic nitrogens is 2. The number of carbonyl (C=O) groups excluding carboxylic acids is 2. The standard InChI is InChI=1S/C24H26N6O3/c1-15-23(32)29(2)20-14-26-21(13-19(20)30(15)18-8-3-4-9-18)27-17-7-5-6-16(12-17)22(31)28-24-25-10-11-33-24/h5-7,10-15,18H,3-4,8-9H2,1-2H3,(H,26,27)(H,25,28,31). The van der Waals surface area contributed by atoms with Crippen LogP contribution in [0.4, 0.5) is 28.9 Å². The van der Waals surface area contributed by atoms with Crippen molar-refractivity contribution in [3.63, 3.8) is 0 Å². The molecule has 5 rings (SSSR count). The molecule has 9 heteroatoms. The summed E-state index contributed by atoms with van der Waals surface area (Å²) in [4.78, 5) is 37.7. The van der Waals surface area contributed by atoms with Gasteiger partial charge in [0.1, 0.15) is 18.1 Å². The molecule has 1 atom stereocenters. The second kappa shape index (κ2) is 8.57. The van der Waals surface area contributed by atoms with Crippen molar-refractivity contribution in [2.75, 3.05) is 27.5 Å². The quantitative estimate of drug-likeness (QED) is 0.606. The van der Waals surface area contributed by atoms with Crippen LogP contribution in [0.2, 0.25) is 0 Å². The molecule has 0 saturated heterocycles. The molecule has 1 aromatic carbocycles. The Bertz CT molecular complexity index is 1170. The van der Waals surface area contributed by atoms with Crippen molar-refractivity contribution in [2.24, 2.45) is 0 Å². The predicted molar refractivity (Wildman–Crippen MR) is 126 cm³/mol. The van der Waals surface area contributed by atoms with Crippen LogP contribution in [0, 0.1) is 0 Å². The maximum Gasteiger partial charge on any atom is 0.301 e. The summed E-state index contributed by atoms with van der Waals surface area (Å²) in [5.74, 6) is 0.416. The van der Waals surface area contributed by atoms with Gasteiger partial charge in [0.05, 0.1) is 23.8 Å². The Hall–Kier alpha value is -3.88. The van der Waals surface area contributed by atoms with Gasteiger partial charge in [0, 0.05) is 30.4 Å². The van der Waals surface area contributed by atoms with E-state index in [1.54, 1.807) is 36.3 Å². The highest BCUT2D eigenvalue weighted by Crippen LogP contribution is 2.41. The van der Waals surface area contributed by atoms with Gasteiger partial charge in [0.15, 0.2) is 0 Å². The SMILES string of the molecule is CC1C(=O)N(C)c2cnc(Nc3cccc(C(=O)Nc4ncco4)c3)cc2N1C1CCCC1. The third-order valence-corrected chi connectivity index (χ3v) is 6.37. The van der Waals surface area contributed by atoms with Gasteiger partial charge in [0.25, 0.3) is 5.91 Å². The van der Waals surface area contributed by atoms with Crippen LogP contribution in [0.3, 0.4) is 0 Å². The minimum absolute atomic E-state index is 0.0849. The molecule has 2 amide bonds. The lowest BCUT2D eigenvalue weighted by atomic mass is 10.0. The number of nitrogens with one attached hydrogen (secondary N) is 2. The summed E-state index contributed by atoms with van der Waals surface area (Å²) in [6.07, 6.45) is 9.16. The molecular formula is C24H26N6O3. The van der Waals surface area contributed by atoms with Gasteiger partial charge in [-0.15, -0.1) is 0 Å². The second-order valence-corrected chi connectivity index (χ2v) is 8.47. The molecule has 1 aliphatic heterocycles. The molecule has 3 aromatic rings. The third-order valence-electron chi connectivity index (χ3n) is 6.37. The van der Waals surface area contributed by atoms with Crippen LogP contribution in [0.5, 0.6) is 0 Å². The first-order valence-electron chi connectivity index (χ1n) is 11.1. The van der Waals surface area contributed by atoms with Gasteiger partial charge in [0.2, 0.25) is 5.91 Å². The number of amides is 2. The molecule has 1 fully saturated rings. The molecule has 0 bridgehead atoms. The first kappa shape index (κ1) is 21.0. The lowest BCUT2D eigenvalue weighted by Gasteiger charge is -2.43. The molecule has 2 aliphatic rings. The highest BCUT2D eigenvalue weighted by Gasteiger charge is 2.38. The van der Waals surface area contributed by atoms with Gasteiger partial charge >= 0.3 is 6.01 Å². The fourth-order valence-corrected chi connectivity index (χ4v) is 4.73. The van der Waals surface area contributed by atoms with Crippen LogP contribution in [0.1, 0.15) is 43.0 Å². The molecular weight excluding hydrogens is 420 g/mol. The van der Waals surface area contributed by atoms with Crippen molar-refractivity contribution in [3.8, 4) is 0 Å². The molecule has 9 nitrogen and oxygen atoms in total. The van der Waals surface area contributed by atoms with Gasteiger partial charge in [-0.05, 0) is 38.0 Å². The van der Waals surface area contributed by atoms with E-state index in [-0.39, 0.29) is 23.9 Å². The fourth-order valence-electron chi connectivity index (χ4n) is 4.73. The Balaban J connectivity index is 1.41. The Morgan fingerprint density at radius 1 is 1.15 bits per heavy atom. The first-order valence-corrected chi connectivity index (χ1v) is 11.1. The molecule has 1 aliphatic carbocycles. The number of carbonyl (C=O) groups is 2. The van der Waals surface area contributed by atoms with Gasteiger partial charge < -0.3 is 19.5 Å². The zero-order chi connectivity index (χ0) is 22.9. The molecule has 33 heavy (non-hydrogen) atoms. The largest absolute Gasteiger partial charge is 0.432 e. The van der Waals surface area contributed by atoms with Crippen LogP contribution in [0.15, 0.2) is 53.4 Å². The van der Waals surface area contributed by atoms with Crippen LogP contribution in [-0.2, 0) is 4.79 Å². The number of anilines is 5. The summed E-state index contributed by atoms with van der Waals surface area (Å²) >= 11 is 0. The Kier molecular flexibility index (Phi) is 5.45. The number of hydrogen-bond donors (Lipinski definition) is 2.